The molecule has 0 bridgehead atoms. The molecule has 1 aromatic carbocycles. The zero-order chi connectivity index (χ0) is 15.4. The van der Waals surface area contributed by atoms with Crippen LogP contribution in [0, 0.1) is 0 Å². The molecule has 1 aromatic heterocycles. The molecule has 0 saturated carbocycles. The number of rotatable bonds is 5. The van der Waals surface area contributed by atoms with Crippen molar-refractivity contribution < 1.29 is 19.8 Å². The predicted molar refractivity (Wildman–Crippen MR) is 80.7 cm³/mol. The fourth-order valence-electron chi connectivity index (χ4n) is 1.80. The molecule has 0 aliphatic heterocycles. The highest BCUT2D eigenvalue weighted by atomic mass is 32.1. The van der Waals surface area contributed by atoms with Gasteiger partial charge in [0.15, 0.2) is 5.78 Å². The summed E-state index contributed by atoms with van der Waals surface area (Å²) >= 11 is 1.35. The average molecular weight is 303 g/mol. The molecule has 21 heavy (non-hydrogen) atoms. The van der Waals surface area contributed by atoms with Crippen molar-refractivity contribution in [2.45, 2.75) is 6.42 Å². The van der Waals surface area contributed by atoms with Gasteiger partial charge in [0.1, 0.15) is 0 Å². The lowest BCUT2D eigenvalue weighted by Gasteiger charge is -2.03. The molecule has 2 rings (SSSR count). The summed E-state index contributed by atoms with van der Waals surface area (Å²) < 4.78 is 0. The fourth-order valence-corrected chi connectivity index (χ4v) is 2.64. The zero-order valence-electron chi connectivity index (χ0n) is 10.9. The monoisotopic (exact) mass is 303 g/mol. The van der Waals surface area contributed by atoms with E-state index in [1.165, 1.54) is 11.3 Å². The van der Waals surface area contributed by atoms with Crippen LogP contribution in [0.5, 0.6) is 0 Å². The van der Waals surface area contributed by atoms with E-state index in [2.05, 4.69) is 0 Å². The van der Waals surface area contributed by atoms with E-state index in [4.69, 9.17) is 15.9 Å². The van der Waals surface area contributed by atoms with Crippen LogP contribution >= 0.6 is 11.3 Å². The van der Waals surface area contributed by atoms with E-state index in [0.29, 0.717) is 17.7 Å². The highest BCUT2D eigenvalue weighted by molar-refractivity contribution is 7.08. The maximum absolute atomic E-state index is 12.0. The summed E-state index contributed by atoms with van der Waals surface area (Å²) in [6.45, 7) is 0. The number of benzene rings is 1. The molecule has 2 aromatic rings. The number of aliphatic hydroxyl groups is 1. The Bertz CT molecular complexity index is 701. The van der Waals surface area contributed by atoms with E-state index in [-0.39, 0.29) is 0 Å². The quantitative estimate of drug-likeness (QED) is 0.341. The minimum absolute atomic E-state index is 0.393. The average Bonchev–Trinajstić information content (AvgIpc) is 2.89. The van der Waals surface area contributed by atoms with Gasteiger partial charge in [0, 0.05) is 22.7 Å². The van der Waals surface area contributed by atoms with Crippen molar-refractivity contribution in [1.29, 1.82) is 0 Å². The lowest BCUT2D eigenvalue weighted by Crippen LogP contribution is -2.05. The van der Waals surface area contributed by atoms with Gasteiger partial charge in [-0.15, -0.1) is 0 Å². The summed E-state index contributed by atoms with van der Waals surface area (Å²) in [6.07, 6.45) is 1.25. The molecule has 0 unspecified atom stereocenters. The molecule has 1 heterocycles. The number of carboxylic acids is 1. The highest BCUT2D eigenvalue weighted by Gasteiger charge is 2.14. The number of hydrogen-bond acceptors (Lipinski definition) is 5. The number of carbonyl (C=O) groups excluding carboxylic acids is 1. The first-order chi connectivity index (χ1) is 9.97. The topological polar surface area (TPSA) is 101 Å². The minimum Gasteiger partial charge on any atom is -0.502 e. The maximum Gasteiger partial charge on any atom is 0.371 e. The number of carboxylic acid groups (broad SMARTS) is 1. The van der Waals surface area contributed by atoms with Crippen molar-refractivity contribution in [2.75, 3.05) is 5.73 Å². The number of hydrogen-bond donors (Lipinski definition) is 3. The smallest absolute Gasteiger partial charge is 0.371 e. The van der Waals surface area contributed by atoms with E-state index < -0.39 is 17.5 Å². The van der Waals surface area contributed by atoms with Gasteiger partial charge >= 0.3 is 5.97 Å². The first-order valence-corrected chi connectivity index (χ1v) is 6.99. The van der Waals surface area contributed by atoms with E-state index >= 15 is 0 Å². The standard InChI is InChI=1S/C15H13NO4S/c16-11-3-1-9(2-4-11)5-10-7-21-8-12(10)13(17)6-14(18)15(19)20/h1-4,6-8,18H,5,16H2,(H,19,20)/b14-6-. The van der Waals surface area contributed by atoms with Crippen LogP contribution in [-0.2, 0) is 11.2 Å². The summed E-state index contributed by atoms with van der Waals surface area (Å²) in [5, 5.41) is 21.2. The number of thiophene rings is 1. The van der Waals surface area contributed by atoms with Crippen LogP contribution in [0.3, 0.4) is 0 Å². The van der Waals surface area contributed by atoms with Crippen LogP contribution in [0.1, 0.15) is 21.5 Å². The molecule has 4 N–H and O–H groups in total. The summed E-state index contributed by atoms with van der Waals surface area (Å²) in [5.41, 5.74) is 8.44. The largest absolute Gasteiger partial charge is 0.502 e. The zero-order valence-corrected chi connectivity index (χ0v) is 11.8. The molecule has 0 spiro atoms. The van der Waals surface area contributed by atoms with Gasteiger partial charge < -0.3 is 15.9 Å². The fraction of sp³-hybridized carbons (Fsp3) is 0.0667. The third-order valence-electron chi connectivity index (χ3n) is 2.87. The van der Waals surface area contributed by atoms with Crippen molar-refractivity contribution >= 4 is 28.8 Å². The second kappa shape index (κ2) is 6.23. The summed E-state index contributed by atoms with van der Waals surface area (Å²) in [7, 11) is 0. The van der Waals surface area contributed by atoms with Gasteiger partial charge in [-0.2, -0.15) is 11.3 Å². The van der Waals surface area contributed by atoms with Crippen LogP contribution in [0.2, 0.25) is 0 Å². The van der Waals surface area contributed by atoms with Gasteiger partial charge in [0.25, 0.3) is 0 Å². The van der Waals surface area contributed by atoms with Gasteiger partial charge in [-0.25, -0.2) is 4.79 Å². The van der Waals surface area contributed by atoms with Crippen molar-refractivity contribution in [3.05, 3.63) is 63.6 Å². The minimum atomic E-state index is -1.53. The Morgan fingerprint density at radius 1 is 1.14 bits per heavy atom. The molecule has 0 radical (unpaired) electrons. The number of aliphatic hydroxyl groups excluding tert-OH is 1. The van der Waals surface area contributed by atoms with Crippen LogP contribution in [0.4, 0.5) is 5.69 Å². The van der Waals surface area contributed by atoms with Gasteiger partial charge in [-0.1, -0.05) is 12.1 Å². The van der Waals surface area contributed by atoms with E-state index in [1.807, 2.05) is 17.5 Å². The summed E-state index contributed by atoms with van der Waals surface area (Å²) in [6, 6.07) is 7.29. The van der Waals surface area contributed by atoms with Crippen molar-refractivity contribution in [3.63, 3.8) is 0 Å². The normalized spacial score (nSPS) is 11.3. The van der Waals surface area contributed by atoms with Gasteiger partial charge in [-0.3, -0.25) is 4.79 Å². The van der Waals surface area contributed by atoms with E-state index in [9.17, 15) is 9.59 Å². The maximum atomic E-state index is 12.0. The number of ketones is 1. The predicted octanol–water partition coefficient (Wildman–Crippen LogP) is 2.63. The Kier molecular flexibility index (Phi) is 4.39. The van der Waals surface area contributed by atoms with Crippen LogP contribution < -0.4 is 5.73 Å². The number of anilines is 1. The summed E-state index contributed by atoms with van der Waals surface area (Å²) in [5.74, 6) is -3.02. The molecule has 0 aliphatic carbocycles. The van der Waals surface area contributed by atoms with Crippen molar-refractivity contribution in [3.8, 4) is 0 Å². The highest BCUT2D eigenvalue weighted by Crippen LogP contribution is 2.21. The Hall–Kier alpha value is -2.60. The number of nitrogen functional groups attached to an aromatic ring is 1. The Labute approximate surface area is 125 Å². The molecule has 0 fully saturated rings. The molecule has 0 saturated heterocycles. The van der Waals surface area contributed by atoms with Crippen LogP contribution in [0.15, 0.2) is 46.9 Å². The van der Waals surface area contributed by atoms with Crippen LogP contribution in [-0.4, -0.2) is 22.0 Å². The third kappa shape index (κ3) is 3.70. The Morgan fingerprint density at radius 2 is 1.81 bits per heavy atom. The molecule has 0 atom stereocenters. The third-order valence-corrected chi connectivity index (χ3v) is 3.66. The molecular formula is C15H13NO4S. The van der Waals surface area contributed by atoms with Gasteiger partial charge in [0.2, 0.25) is 5.76 Å². The number of nitrogens with two attached hydrogens (primary N) is 1. The molecular weight excluding hydrogens is 290 g/mol. The van der Waals surface area contributed by atoms with Crippen molar-refractivity contribution in [1.82, 2.24) is 0 Å². The lowest BCUT2D eigenvalue weighted by atomic mass is 10.0. The lowest BCUT2D eigenvalue weighted by molar-refractivity contribution is -0.135. The van der Waals surface area contributed by atoms with Crippen LogP contribution in [0.25, 0.3) is 0 Å². The Balaban J connectivity index is 2.22. The molecule has 5 nitrogen and oxygen atoms in total. The van der Waals surface area contributed by atoms with Gasteiger partial charge in [-0.05, 0) is 35.1 Å². The second-order valence-corrected chi connectivity index (χ2v) is 5.17. The first kappa shape index (κ1) is 14.8. The molecule has 6 heteroatoms. The van der Waals surface area contributed by atoms with E-state index in [0.717, 1.165) is 17.2 Å². The SMILES string of the molecule is Nc1ccc(Cc2cscc2C(=O)/C=C(\O)C(=O)O)cc1. The van der Waals surface area contributed by atoms with Gasteiger partial charge in [0.05, 0.1) is 0 Å². The number of allylic oxidation sites excluding steroid dienone is 1. The number of carbonyl (C=O) groups is 2. The molecule has 108 valence electrons. The second-order valence-electron chi connectivity index (χ2n) is 4.43. The Morgan fingerprint density at radius 3 is 2.43 bits per heavy atom. The summed E-state index contributed by atoms with van der Waals surface area (Å²) in [4.78, 5) is 22.5. The molecule has 0 aliphatic rings. The first-order valence-electron chi connectivity index (χ1n) is 6.05. The van der Waals surface area contributed by atoms with Crippen molar-refractivity contribution in [2.24, 2.45) is 0 Å². The molecule has 0 amide bonds. The number of aliphatic carboxylic acids is 1. The van der Waals surface area contributed by atoms with E-state index in [1.54, 1.807) is 17.5 Å².